The van der Waals surface area contributed by atoms with Crippen molar-refractivity contribution in [2.45, 2.75) is 12.2 Å². The number of hydrogen-bond donors (Lipinski definition) is 2. The maximum Gasteiger partial charge on any atom is 4.00 e. The average Bonchev–Trinajstić information content (AvgIpc) is 1.84. The molecule has 0 bridgehead atoms. The van der Waals surface area contributed by atoms with Gasteiger partial charge < -0.3 is 30.0 Å². The van der Waals surface area contributed by atoms with Crippen LogP contribution >= 0.6 is 0 Å². The van der Waals surface area contributed by atoms with E-state index in [4.69, 9.17) is 10.2 Å². The van der Waals surface area contributed by atoms with E-state index in [1.165, 1.54) is 0 Å². The van der Waals surface area contributed by atoms with Crippen LogP contribution in [0.25, 0.3) is 0 Å². The van der Waals surface area contributed by atoms with Gasteiger partial charge in [-0.05, 0) is 0 Å². The fraction of sp³-hybridized carbons (Fsp3) is 0.500. The molecular weight excluding hydrogens is 215 g/mol. The van der Waals surface area contributed by atoms with Gasteiger partial charge >= 0.3 is 51.3 Å². The van der Waals surface area contributed by atoms with E-state index < -0.39 is 24.1 Å². The molecule has 2 N–H and O–H groups in total. The van der Waals surface area contributed by atoms with E-state index in [1.807, 2.05) is 0 Å². The molecule has 0 rings (SSSR count). The molecule has 8 heteroatoms. The molecule has 0 saturated heterocycles. The van der Waals surface area contributed by atoms with Gasteiger partial charge in [0, 0.05) is 0 Å². The van der Waals surface area contributed by atoms with E-state index in [9.17, 15) is 19.8 Å². The van der Waals surface area contributed by atoms with Gasteiger partial charge in [-0.3, -0.25) is 0 Å². The molecule has 58 valence electrons. The molecule has 0 saturated carbocycles. The summed E-state index contributed by atoms with van der Waals surface area (Å²) < 4.78 is 0. The maximum absolute atomic E-state index is 9.63. The zero-order chi connectivity index (χ0) is 8.31. The summed E-state index contributed by atoms with van der Waals surface area (Å²) in [6, 6.07) is 0. The molecule has 0 aliphatic carbocycles. The van der Waals surface area contributed by atoms with Gasteiger partial charge in [0.05, 0.1) is 11.9 Å². The van der Waals surface area contributed by atoms with Crippen molar-refractivity contribution in [3.05, 3.63) is 0 Å². The van der Waals surface area contributed by atoms with Gasteiger partial charge in [0.25, 0.3) is 0 Å². The number of hydrogen-bond acceptors (Lipinski definition) is 6. The van der Waals surface area contributed by atoms with Gasteiger partial charge in [0.15, 0.2) is 0 Å². The first-order valence-corrected chi connectivity index (χ1v) is 2.24. The van der Waals surface area contributed by atoms with E-state index in [-0.39, 0.29) is 51.3 Å². The molecule has 0 heterocycles. The Morgan fingerprint density at radius 3 is 1.25 bits per heavy atom. The number of rotatable bonds is 3. The van der Waals surface area contributed by atoms with E-state index in [0.717, 1.165) is 0 Å². The molecular formula is C4H4NaO6Ti+3. The van der Waals surface area contributed by atoms with Crippen LogP contribution in [0.15, 0.2) is 0 Å². The molecule has 0 fully saturated rings. The Morgan fingerprint density at radius 2 is 1.17 bits per heavy atom. The van der Waals surface area contributed by atoms with Crippen molar-refractivity contribution < 1.29 is 81.3 Å². The third-order valence-electron chi connectivity index (χ3n) is 0.782. The fourth-order valence-corrected chi connectivity index (χ4v) is 0.258. The van der Waals surface area contributed by atoms with Gasteiger partial charge in [-0.15, -0.1) is 0 Å². The standard InChI is InChI=1S/C4H6O6.Na.Ti/c5-1(3(7)8)2(6)4(9)10;;/h1-2,5-6H,(H,7,8)(H,9,10);;/q;+1;+4/p-2. The SMILES string of the molecule is O=C([O-])C(O)C(O)C(=O)[O-].[Na+].[Ti+4]. The van der Waals surface area contributed by atoms with Gasteiger partial charge in [-0.1, -0.05) is 0 Å². The quantitative estimate of drug-likeness (QED) is 0.454. The third kappa shape index (κ3) is 6.13. The number of carboxylic acid groups (broad SMARTS) is 2. The van der Waals surface area contributed by atoms with Gasteiger partial charge in [0.2, 0.25) is 0 Å². The number of aliphatic carboxylic acids is 2. The topological polar surface area (TPSA) is 121 Å². The van der Waals surface area contributed by atoms with Crippen LogP contribution in [0.3, 0.4) is 0 Å². The second-order valence-corrected chi connectivity index (χ2v) is 1.53. The van der Waals surface area contributed by atoms with Crippen LogP contribution in [0.5, 0.6) is 0 Å². The van der Waals surface area contributed by atoms with Crippen molar-refractivity contribution in [3.63, 3.8) is 0 Å². The normalized spacial score (nSPS) is 13.2. The number of carbonyl (C=O) groups is 2. The average molecular weight is 219 g/mol. The summed E-state index contributed by atoms with van der Waals surface area (Å²) in [6.07, 6.45) is -4.88. The molecule has 2 atom stereocenters. The number of aliphatic hydroxyl groups excluding tert-OH is 2. The minimum Gasteiger partial charge on any atom is -0.547 e. The van der Waals surface area contributed by atoms with Crippen LogP contribution in [-0.2, 0) is 31.3 Å². The molecule has 0 amide bonds. The number of carbonyl (C=O) groups excluding carboxylic acids is 2. The number of aliphatic hydroxyl groups is 2. The molecule has 0 aromatic rings. The summed E-state index contributed by atoms with van der Waals surface area (Å²) >= 11 is 0. The van der Waals surface area contributed by atoms with Crippen molar-refractivity contribution >= 4 is 11.9 Å². The van der Waals surface area contributed by atoms with Crippen LogP contribution in [0.4, 0.5) is 0 Å². The first-order chi connectivity index (χ1) is 4.46. The van der Waals surface area contributed by atoms with Gasteiger partial charge in [-0.25, -0.2) is 0 Å². The maximum atomic E-state index is 9.63. The van der Waals surface area contributed by atoms with Crippen molar-refractivity contribution in [3.8, 4) is 0 Å². The largest absolute Gasteiger partial charge is 4.00 e. The minimum absolute atomic E-state index is 0. The van der Waals surface area contributed by atoms with Crippen molar-refractivity contribution in [2.75, 3.05) is 0 Å². The molecule has 6 nitrogen and oxygen atoms in total. The first kappa shape index (κ1) is 18.4. The predicted octanol–water partition coefficient (Wildman–Crippen LogP) is -7.79. The minimum atomic E-state index is -2.44. The van der Waals surface area contributed by atoms with Gasteiger partial charge in [-0.2, -0.15) is 0 Å². The Kier molecular flexibility index (Phi) is 12.5. The van der Waals surface area contributed by atoms with Crippen LogP contribution < -0.4 is 39.8 Å². The van der Waals surface area contributed by atoms with Gasteiger partial charge in [0.1, 0.15) is 12.2 Å². The molecule has 0 aliphatic heterocycles. The monoisotopic (exact) mass is 219 g/mol. The van der Waals surface area contributed by atoms with E-state index in [0.29, 0.717) is 0 Å². The molecule has 2 unspecified atom stereocenters. The third-order valence-corrected chi connectivity index (χ3v) is 0.782. The van der Waals surface area contributed by atoms with Crippen LogP contribution in [-0.4, -0.2) is 34.4 Å². The Labute approximate surface area is 105 Å². The number of carboxylic acids is 2. The first-order valence-electron chi connectivity index (χ1n) is 2.24. The van der Waals surface area contributed by atoms with E-state index in [1.54, 1.807) is 0 Å². The summed E-state index contributed by atoms with van der Waals surface area (Å²) in [5, 5.41) is 35.7. The van der Waals surface area contributed by atoms with Crippen molar-refractivity contribution in [2.24, 2.45) is 0 Å². The molecule has 12 heavy (non-hydrogen) atoms. The van der Waals surface area contributed by atoms with Crippen LogP contribution in [0, 0.1) is 0 Å². The summed E-state index contributed by atoms with van der Waals surface area (Å²) in [5.74, 6) is -4.12. The fourth-order valence-electron chi connectivity index (χ4n) is 0.258. The summed E-state index contributed by atoms with van der Waals surface area (Å²) in [6.45, 7) is 0. The van der Waals surface area contributed by atoms with E-state index >= 15 is 0 Å². The Bertz CT molecular complexity index is 144. The summed E-state index contributed by atoms with van der Waals surface area (Å²) in [4.78, 5) is 19.3. The molecule has 0 spiro atoms. The smallest absolute Gasteiger partial charge is 0.547 e. The summed E-state index contributed by atoms with van der Waals surface area (Å²) in [7, 11) is 0. The molecule has 0 aromatic carbocycles. The Hall–Kier alpha value is 0.574. The van der Waals surface area contributed by atoms with Crippen molar-refractivity contribution in [1.82, 2.24) is 0 Å². The van der Waals surface area contributed by atoms with E-state index in [2.05, 4.69) is 0 Å². The van der Waals surface area contributed by atoms with Crippen LogP contribution in [0.1, 0.15) is 0 Å². The molecule has 0 aliphatic rings. The zero-order valence-electron chi connectivity index (χ0n) is 6.18. The predicted molar refractivity (Wildman–Crippen MR) is 22.0 cm³/mol. The van der Waals surface area contributed by atoms with Crippen LogP contribution in [0.2, 0.25) is 0 Å². The van der Waals surface area contributed by atoms with Crippen molar-refractivity contribution in [1.29, 1.82) is 0 Å². The summed E-state index contributed by atoms with van der Waals surface area (Å²) in [5.41, 5.74) is 0. The zero-order valence-corrected chi connectivity index (χ0v) is 9.74. The second-order valence-electron chi connectivity index (χ2n) is 1.53. The molecule has 0 radical (unpaired) electrons. The Morgan fingerprint density at radius 1 is 1.00 bits per heavy atom. The Balaban J connectivity index is -0.000000405. The second kappa shape index (κ2) is 8.19. The molecule has 0 aromatic heterocycles.